The van der Waals surface area contributed by atoms with Crippen LogP contribution in [0.4, 0.5) is 13.2 Å². The normalized spacial score (nSPS) is 14.7. The molecule has 5 atom stereocenters. The quantitative estimate of drug-likeness (QED) is 0.129. The number of aliphatic hydroxyl groups excluding tert-OH is 3. The molecule has 12 heteroatoms. The molecule has 0 bridgehead atoms. The van der Waals surface area contributed by atoms with Gasteiger partial charge in [-0.1, -0.05) is 72.8 Å². The highest BCUT2D eigenvalue weighted by atomic mass is 19.4. The van der Waals surface area contributed by atoms with Gasteiger partial charge in [0.15, 0.2) is 0 Å². The molecule has 3 aromatic rings. The van der Waals surface area contributed by atoms with E-state index in [-0.39, 0.29) is 31.2 Å². The lowest BCUT2D eigenvalue weighted by atomic mass is 9.92. The molecule has 0 heterocycles. The predicted molar refractivity (Wildman–Crippen MR) is 166 cm³/mol. The molecule has 0 saturated carbocycles. The van der Waals surface area contributed by atoms with Crippen molar-refractivity contribution in [2.75, 3.05) is 6.61 Å². The Morgan fingerprint density at radius 1 is 0.915 bits per heavy atom. The number of carbonyl (C=O) groups is 2. The molecule has 0 radical (unpaired) electrons. The summed E-state index contributed by atoms with van der Waals surface area (Å²) in [5, 5.41) is 50.2. The number of hydrogen-bond acceptors (Lipinski definition) is 8. The van der Waals surface area contributed by atoms with Gasteiger partial charge in [0, 0.05) is 12.8 Å². The average molecular weight is 662 g/mol. The number of ether oxygens (including phenoxy) is 1. The van der Waals surface area contributed by atoms with E-state index in [9.17, 15) is 38.4 Å². The molecule has 7 N–H and O–H groups in total. The first-order valence-corrected chi connectivity index (χ1v) is 14.9. The summed E-state index contributed by atoms with van der Waals surface area (Å²) in [6.07, 6.45) is -3.23. The summed E-state index contributed by atoms with van der Waals surface area (Å²) in [7, 11) is 0. The summed E-state index contributed by atoms with van der Waals surface area (Å²) >= 11 is 0. The van der Waals surface area contributed by atoms with Gasteiger partial charge in [0.2, 0.25) is 0 Å². The van der Waals surface area contributed by atoms with Gasteiger partial charge in [0.1, 0.15) is 30.0 Å². The monoisotopic (exact) mass is 661 g/mol. The Bertz CT molecular complexity index is 1410. The lowest BCUT2D eigenvalue weighted by molar-refractivity contribution is -0.436. The molecule has 3 aromatic carbocycles. The predicted octanol–water partition coefficient (Wildman–Crippen LogP) is 2.13. The van der Waals surface area contributed by atoms with Gasteiger partial charge in [-0.2, -0.15) is 13.2 Å². The molecule has 3 rings (SSSR count). The van der Waals surface area contributed by atoms with Gasteiger partial charge >= 0.3 is 12.1 Å². The molecule has 47 heavy (non-hydrogen) atoms. The molecule has 0 aliphatic rings. The minimum Gasteiger partial charge on any atom is -0.542 e. The number of hydrogen-bond donors (Lipinski definition) is 5. The van der Waals surface area contributed by atoms with Crippen LogP contribution in [-0.2, 0) is 33.6 Å². The third kappa shape index (κ3) is 13.6. The minimum atomic E-state index is -5.19. The highest BCUT2D eigenvalue weighted by molar-refractivity contribution is 5.74. The fourth-order valence-corrected chi connectivity index (χ4v) is 4.86. The zero-order valence-corrected chi connectivity index (χ0v) is 26.3. The number of esters is 1. The standard InChI is InChI=1S/C33H41NO6.C2HF3O2/c1-22-16-26(36)17-23(2)28(22)20-30(34)32(38)15-9-14-31(37)29(19-25-12-7-4-8-13-25)33(39)40-27(21-35)18-24-10-5-3-6-11-24;3-2(4,5)1(6)7/h3-14,16-17,27,29-32,35-38H,15,18-21,34H2,1-2H3;(H,6,7)/b14-9+;/t27-,29+,30-,31-,32-;/m0./s1. The first-order valence-electron chi connectivity index (χ1n) is 14.9. The number of aliphatic carboxylic acids is 1. The number of aromatic hydroxyl groups is 1. The van der Waals surface area contributed by atoms with Crippen LogP contribution in [-0.4, -0.2) is 69.5 Å². The number of quaternary nitrogens is 1. The van der Waals surface area contributed by atoms with Crippen molar-refractivity contribution >= 4 is 11.9 Å². The number of rotatable bonds is 14. The molecule has 0 fully saturated rings. The highest BCUT2D eigenvalue weighted by Gasteiger charge is 2.30. The Hall–Kier alpha value is -4.23. The van der Waals surface area contributed by atoms with Gasteiger partial charge in [-0.15, -0.1) is 0 Å². The largest absolute Gasteiger partial charge is 0.542 e. The minimum absolute atomic E-state index is 0.214. The van der Waals surface area contributed by atoms with Crippen molar-refractivity contribution < 1.29 is 58.8 Å². The van der Waals surface area contributed by atoms with Crippen molar-refractivity contribution in [1.82, 2.24) is 0 Å². The molecule has 0 saturated heterocycles. The fraction of sp³-hybridized carbons (Fsp3) is 0.371. The zero-order valence-electron chi connectivity index (χ0n) is 26.3. The van der Waals surface area contributed by atoms with E-state index < -0.39 is 42.3 Å². The van der Waals surface area contributed by atoms with Gasteiger partial charge in [0.05, 0.1) is 18.6 Å². The van der Waals surface area contributed by atoms with Crippen LogP contribution in [0.25, 0.3) is 0 Å². The van der Waals surface area contributed by atoms with Crippen molar-refractivity contribution in [3.63, 3.8) is 0 Å². The van der Waals surface area contributed by atoms with Crippen LogP contribution in [0.2, 0.25) is 0 Å². The lowest BCUT2D eigenvalue weighted by Crippen LogP contribution is -2.67. The third-order valence-corrected chi connectivity index (χ3v) is 7.44. The average Bonchev–Trinajstić information content (AvgIpc) is 3.01. The smallest absolute Gasteiger partial charge is 0.430 e. The number of halogens is 3. The second-order valence-corrected chi connectivity index (χ2v) is 11.3. The Morgan fingerprint density at radius 2 is 1.40 bits per heavy atom. The summed E-state index contributed by atoms with van der Waals surface area (Å²) < 4.78 is 37.2. The van der Waals surface area contributed by atoms with E-state index in [0.29, 0.717) is 12.8 Å². The SMILES string of the molecule is Cc1cc(O)cc(C)c1C[C@H]([NH3+])[C@@H](O)C/C=C/[C@H](O)[C@@H](Cc1ccccc1)C(=O)O[C@H](CO)Cc1ccccc1.O=C([O-])C(F)(F)F. The lowest BCUT2D eigenvalue weighted by Gasteiger charge is -2.23. The summed E-state index contributed by atoms with van der Waals surface area (Å²) in [6, 6.07) is 21.9. The number of carboxylic acid groups (broad SMARTS) is 1. The van der Waals surface area contributed by atoms with Crippen LogP contribution in [0.1, 0.15) is 34.2 Å². The molecule has 0 aliphatic carbocycles. The van der Waals surface area contributed by atoms with Crippen LogP contribution < -0.4 is 10.8 Å². The number of carboxylic acids is 1. The topological polar surface area (TPSA) is 175 Å². The number of carbonyl (C=O) groups excluding carboxylic acids is 2. The van der Waals surface area contributed by atoms with Crippen molar-refractivity contribution in [2.45, 2.75) is 70.1 Å². The summed E-state index contributed by atoms with van der Waals surface area (Å²) in [5.41, 5.74) is 8.86. The summed E-state index contributed by atoms with van der Waals surface area (Å²) in [5.74, 6) is -4.28. The molecule has 0 aromatic heterocycles. The second-order valence-electron chi connectivity index (χ2n) is 11.3. The van der Waals surface area contributed by atoms with Gasteiger partial charge in [-0.25, -0.2) is 0 Å². The number of alkyl halides is 3. The van der Waals surface area contributed by atoms with Crippen molar-refractivity contribution in [1.29, 1.82) is 0 Å². The Balaban J connectivity index is 0.000000984. The molecular formula is C35H42F3NO8. The van der Waals surface area contributed by atoms with E-state index in [1.165, 1.54) is 6.08 Å². The fourth-order valence-electron chi connectivity index (χ4n) is 4.86. The van der Waals surface area contributed by atoms with Crippen LogP contribution in [0.3, 0.4) is 0 Å². The molecule has 9 nitrogen and oxygen atoms in total. The maximum atomic E-state index is 13.2. The van der Waals surface area contributed by atoms with Crippen LogP contribution >= 0.6 is 0 Å². The second kappa shape index (κ2) is 18.8. The van der Waals surface area contributed by atoms with E-state index in [2.05, 4.69) is 5.73 Å². The van der Waals surface area contributed by atoms with Crippen LogP contribution in [0, 0.1) is 19.8 Å². The molecular weight excluding hydrogens is 619 g/mol. The molecule has 0 amide bonds. The van der Waals surface area contributed by atoms with Gasteiger partial charge < -0.3 is 40.8 Å². The summed E-state index contributed by atoms with van der Waals surface area (Å²) in [4.78, 5) is 22.0. The van der Waals surface area contributed by atoms with Crippen molar-refractivity contribution in [2.24, 2.45) is 5.92 Å². The van der Waals surface area contributed by atoms with Crippen LogP contribution in [0.5, 0.6) is 5.75 Å². The van der Waals surface area contributed by atoms with E-state index in [1.807, 2.05) is 74.5 Å². The highest BCUT2D eigenvalue weighted by Crippen LogP contribution is 2.23. The van der Waals surface area contributed by atoms with E-state index >= 15 is 0 Å². The van der Waals surface area contributed by atoms with Gasteiger partial charge in [-0.3, -0.25) is 4.79 Å². The van der Waals surface area contributed by atoms with Gasteiger partial charge in [0.25, 0.3) is 0 Å². The zero-order chi connectivity index (χ0) is 35.1. The molecule has 0 aliphatic heterocycles. The Kier molecular flexibility index (Phi) is 15.6. The molecule has 0 unspecified atom stereocenters. The van der Waals surface area contributed by atoms with E-state index in [4.69, 9.17) is 14.6 Å². The van der Waals surface area contributed by atoms with Gasteiger partial charge in [-0.05, 0) is 66.6 Å². The van der Waals surface area contributed by atoms with E-state index in [1.54, 1.807) is 18.2 Å². The Labute approximate surface area is 271 Å². The third-order valence-electron chi connectivity index (χ3n) is 7.44. The number of phenolic OH excluding ortho intramolecular Hbond substituents is 1. The number of aryl methyl sites for hydroxylation is 2. The molecule has 0 spiro atoms. The van der Waals surface area contributed by atoms with Crippen molar-refractivity contribution in [3.05, 3.63) is 113 Å². The summed E-state index contributed by atoms with van der Waals surface area (Å²) in [6.45, 7) is 3.51. The number of phenols is 1. The first kappa shape index (κ1) is 39.0. The number of benzene rings is 3. The maximum absolute atomic E-state index is 13.2. The first-order chi connectivity index (χ1) is 22.1. The maximum Gasteiger partial charge on any atom is 0.430 e. The van der Waals surface area contributed by atoms with Crippen LogP contribution in [0.15, 0.2) is 84.9 Å². The van der Waals surface area contributed by atoms with Crippen molar-refractivity contribution in [3.8, 4) is 5.75 Å². The number of aliphatic hydroxyl groups is 3. The Morgan fingerprint density at radius 3 is 1.87 bits per heavy atom. The van der Waals surface area contributed by atoms with E-state index in [0.717, 1.165) is 27.8 Å². The molecule has 256 valence electrons.